The minimum Gasteiger partial charge on any atom is -0.387 e. The molecule has 0 saturated carbocycles. The van der Waals surface area contributed by atoms with E-state index in [1.807, 2.05) is 25.5 Å². The zero-order valence-corrected chi connectivity index (χ0v) is 15.4. The molecule has 1 aliphatic rings. The van der Waals surface area contributed by atoms with Crippen molar-refractivity contribution in [1.82, 2.24) is 24.6 Å². The molecule has 4 aromatic heterocycles. The van der Waals surface area contributed by atoms with Gasteiger partial charge in [-0.2, -0.15) is 5.10 Å². The maximum Gasteiger partial charge on any atom is 0.181 e. The van der Waals surface area contributed by atoms with Crippen LogP contribution in [-0.4, -0.2) is 49.9 Å². The van der Waals surface area contributed by atoms with Crippen molar-refractivity contribution < 1.29 is 5.11 Å². The molecule has 1 N–H and O–H groups in total. The van der Waals surface area contributed by atoms with E-state index in [1.54, 1.807) is 16.0 Å². The summed E-state index contributed by atoms with van der Waals surface area (Å²) in [6.07, 6.45) is 3.37. The van der Waals surface area contributed by atoms with Crippen molar-refractivity contribution in [2.24, 2.45) is 13.0 Å². The molecule has 4 aromatic rings. The normalized spacial score (nSPS) is 17.0. The lowest BCUT2D eigenvalue weighted by molar-refractivity contribution is 0.0110. The smallest absolute Gasteiger partial charge is 0.181 e. The molecule has 0 aromatic carbocycles. The lowest BCUT2D eigenvalue weighted by atomic mass is 9.93. The van der Waals surface area contributed by atoms with Crippen LogP contribution in [0.4, 0.5) is 0 Å². The van der Waals surface area contributed by atoms with Crippen molar-refractivity contribution in [3.8, 4) is 11.3 Å². The lowest BCUT2D eigenvalue weighted by Crippen LogP contribution is -2.46. The summed E-state index contributed by atoms with van der Waals surface area (Å²) in [6.45, 7) is 1.90. The van der Waals surface area contributed by atoms with Gasteiger partial charge in [0.05, 0.1) is 11.8 Å². The Morgan fingerprint density at radius 2 is 2.04 bits per heavy atom. The zero-order valence-electron chi connectivity index (χ0n) is 14.6. The molecule has 1 saturated heterocycles. The summed E-state index contributed by atoms with van der Waals surface area (Å²) in [6, 6.07) is 8.23. The first-order chi connectivity index (χ1) is 12.6. The fourth-order valence-corrected chi connectivity index (χ4v) is 4.71. The summed E-state index contributed by atoms with van der Waals surface area (Å²) >= 11 is 1.58. The van der Waals surface area contributed by atoms with E-state index in [4.69, 9.17) is 4.98 Å². The van der Waals surface area contributed by atoms with Crippen molar-refractivity contribution in [3.05, 3.63) is 41.5 Å². The Morgan fingerprint density at radius 3 is 2.85 bits per heavy atom. The predicted octanol–water partition coefficient (Wildman–Crippen LogP) is 2.84. The van der Waals surface area contributed by atoms with Gasteiger partial charge in [-0.15, -0.1) is 11.3 Å². The van der Waals surface area contributed by atoms with Gasteiger partial charge in [0.1, 0.15) is 4.83 Å². The predicted molar refractivity (Wildman–Crippen MR) is 103 cm³/mol. The highest BCUT2D eigenvalue weighted by Gasteiger charge is 2.31. The van der Waals surface area contributed by atoms with E-state index < -0.39 is 6.10 Å². The molecule has 1 aliphatic heterocycles. The Kier molecular flexibility index (Phi) is 3.56. The van der Waals surface area contributed by atoms with Gasteiger partial charge in [0.2, 0.25) is 0 Å². The molecular weight excluding hydrogens is 346 g/mol. The number of aliphatic hydroxyl groups excluding tert-OH is 1. The molecule has 6 nitrogen and oxygen atoms in total. The molecule has 0 bridgehead atoms. The van der Waals surface area contributed by atoms with E-state index in [0.29, 0.717) is 5.92 Å². The third-order valence-corrected chi connectivity index (χ3v) is 6.12. The van der Waals surface area contributed by atoms with Gasteiger partial charge in [-0.3, -0.25) is 4.68 Å². The second-order valence-electron chi connectivity index (χ2n) is 7.11. The van der Waals surface area contributed by atoms with E-state index in [2.05, 4.69) is 40.2 Å². The molecule has 1 fully saturated rings. The second kappa shape index (κ2) is 5.84. The van der Waals surface area contributed by atoms with Crippen LogP contribution in [-0.2, 0) is 7.05 Å². The third kappa shape index (κ3) is 2.59. The van der Waals surface area contributed by atoms with Crippen LogP contribution in [0.2, 0.25) is 0 Å². The quantitative estimate of drug-likeness (QED) is 0.605. The molecule has 1 atom stereocenters. The van der Waals surface area contributed by atoms with E-state index in [9.17, 15) is 5.11 Å². The van der Waals surface area contributed by atoms with E-state index in [1.165, 1.54) is 0 Å². The number of aryl methyl sites for hydroxylation is 1. The van der Waals surface area contributed by atoms with Crippen molar-refractivity contribution in [1.29, 1.82) is 0 Å². The number of hydrogen-bond donors (Lipinski definition) is 1. The van der Waals surface area contributed by atoms with Gasteiger partial charge >= 0.3 is 0 Å². The molecule has 0 spiro atoms. The molecule has 0 aliphatic carbocycles. The molecule has 0 radical (unpaired) electrons. The van der Waals surface area contributed by atoms with Crippen LogP contribution in [0, 0.1) is 5.92 Å². The highest BCUT2D eigenvalue weighted by molar-refractivity contribution is 7.18. The average Bonchev–Trinajstić information content (AvgIpc) is 3.19. The molecule has 26 heavy (non-hydrogen) atoms. The Hall–Kier alpha value is -2.35. The third-order valence-electron chi connectivity index (χ3n) is 5.00. The fraction of sp³-hybridized carbons (Fsp3) is 0.316. The summed E-state index contributed by atoms with van der Waals surface area (Å²) in [7, 11) is 3.97. The van der Waals surface area contributed by atoms with Crippen LogP contribution in [0.3, 0.4) is 0 Å². The highest BCUT2D eigenvalue weighted by Crippen LogP contribution is 2.36. The van der Waals surface area contributed by atoms with Gasteiger partial charge in [0.15, 0.2) is 5.65 Å². The van der Waals surface area contributed by atoms with E-state index in [0.717, 1.165) is 50.5 Å². The number of likely N-dealkylation sites (tertiary alicyclic amines) is 1. The summed E-state index contributed by atoms with van der Waals surface area (Å²) in [5.74, 6) is 0.324. The van der Waals surface area contributed by atoms with Gasteiger partial charge in [-0.05, 0) is 31.3 Å². The van der Waals surface area contributed by atoms with E-state index >= 15 is 0 Å². The SMILES string of the molecule is CN1CC([C@H](O)c2cc3ccc(-c4cnc5nn(C)cc5c4)nc3s2)C1. The number of pyridine rings is 2. The van der Waals surface area contributed by atoms with Crippen LogP contribution in [0.25, 0.3) is 32.5 Å². The molecule has 7 heteroatoms. The number of aliphatic hydroxyl groups is 1. The van der Waals surface area contributed by atoms with Crippen molar-refractivity contribution in [3.63, 3.8) is 0 Å². The minimum absolute atomic E-state index is 0.324. The first-order valence-corrected chi connectivity index (χ1v) is 9.45. The summed E-state index contributed by atoms with van der Waals surface area (Å²) < 4.78 is 1.77. The number of hydrogen-bond acceptors (Lipinski definition) is 6. The van der Waals surface area contributed by atoms with Gasteiger partial charge < -0.3 is 10.0 Å². The van der Waals surface area contributed by atoms with Crippen LogP contribution >= 0.6 is 11.3 Å². The first-order valence-electron chi connectivity index (χ1n) is 8.64. The molecule has 0 unspecified atom stereocenters. The van der Waals surface area contributed by atoms with Gasteiger partial charge in [0.25, 0.3) is 0 Å². The first kappa shape index (κ1) is 15.9. The van der Waals surface area contributed by atoms with Crippen molar-refractivity contribution in [2.45, 2.75) is 6.10 Å². The minimum atomic E-state index is -0.401. The van der Waals surface area contributed by atoms with Crippen LogP contribution in [0.5, 0.6) is 0 Å². The largest absolute Gasteiger partial charge is 0.387 e. The number of fused-ring (bicyclic) bond motifs is 2. The van der Waals surface area contributed by atoms with Gasteiger partial charge in [0, 0.05) is 59.7 Å². The van der Waals surface area contributed by atoms with Gasteiger partial charge in [-0.25, -0.2) is 9.97 Å². The maximum atomic E-state index is 10.6. The number of rotatable bonds is 3. The lowest BCUT2D eigenvalue weighted by Gasteiger charge is -2.38. The number of aromatic nitrogens is 4. The van der Waals surface area contributed by atoms with Crippen molar-refractivity contribution >= 4 is 32.6 Å². The number of nitrogens with zero attached hydrogens (tertiary/aromatic N) is 5. The van der Waals surface area contributed by atoms with E-state index in [-0.39, 0.29) is 0 Å². The highest BCUT2D eigenvalue weighted by atomic mass is 32.1. The molecule has 0 amide bonds. The molecule has 132 valence electrons. The van der Waals surface area contributed by atoms with Crippen LogP contribution in [0.15, 0.2) is 36.7 Å². The van der Waals surface area contributed by atoms with Crippen molar-refractivity contribution in [2.75, 3.05) is 20.1 Å². The summed E-state index contributed by atoms with van der Waals surface area (Å²) in [5, 5.41) is 17.0. The summed E-state index contributed by atoms with van der Waals surface area (Å²) in [4.78, 5) is 13.4. The Labute approximate surface area is 154 Å². The van der Waals surface area contributed by atoms with Crippen LogP contribution in [0.1, 0.15) is 11.0 Å². The Balaban J connectivity index is 1.50. The van der Waals surface area contributed by atoms with Crippen LogP contribution < -0.4 is 0 Å². The number of thiophene rings is 1. The molecule has 5 heterocycles. The fourth-order valence-electron chi connectivity index (χ4n) is 3.60. The Morgan fingerprint density at radius 1 is 1.19 bits per heavy atom. The average molecular weight is 365 g/mol. The maximum absolute atomic E-state index is 10.6. The Bertz CT molecular complexity index is 1110. The standard InChI is InChI=1S/C19H19N5OS/c1-23-8-14(9-23)17(25)16-6-11-3-4-15(21-19(11)26-16)12-5-13-10-24(2)22-18(13)20-7-12/h3-7,10,14,17,25H,8-9H2,1-2H3/t17-/m0/s1. The molecular formula is C19H19N5OS. The van der Waals surface area contributed by atoms with Gasteiger partial charge in [-0.1, -0.05) is 0 Å². The summed E-state index contributed by atoms with van der Waals surface area (Å²) in [5.41, 5.74) is 2.61. The molecule has 5 rings (SSSR count). The zero-order chi connectivity index (χ0) is 17.8. The second-order valence-corrected chi connectivity index (χ2v) is 8.17. The monoisotopic (exact) mass is 365 g/mol. The topological polar surface area (TPSA) is 67.1 Å².